The first-order valence-electron chi connectivity index (χ1n) is 9.04. The number of benzene rings is 2. The molecule has 3 aromatic rings. The molecule has 0 aliphatic carbocycles. The van der Waals surface area contributed by atoms with Crippen LogP contribution in [0.1, 0.15) is 35.1 Å². The molecule has 1 atom stereocenters. The van der Waals surface area contributed by atoms with Crippen molar-refractivity contribution in [1.29, 1.82) is 0 Å². The van der Waals surface area contributed by atoms with Crippen molar-refractivity contribution in [1.82, 2.24) is 14.9 Å². The van der Waals surface area contributed by atoms with Crippen molar-refractivity contribution in [2.45, 2.75) is 32.9 Å². The number of rotatable bonds is 4. The maximum atomic E-state index is 12.5. The summed E-state index contributed by atoms with van der Waals surface area (Å²) in [4.78, 5) is 17.3. The van der Waals surface area contributed by atoms with Gasteiger partial charge in [0.05, 0.1) is 18.1 Å². The molecule has 1 aromatic heterocycles. The van der Waals surface area contributed by atoms with Gasteiger partial charge in [-0.3, -0.25) is 4.79 Å². The number of nitrogens with zero attached hydrogens (tertiary/aromatic N) is 2. The smallest absolute Gasteiger partial charge is 0.251 e. The fourth-order valence-electron chi connectivity index (χ4n) is 3.56. The summed E-state index contributed by atoms with van der Waals surface area (Å²) in [6.45, 7) is 3.74. The maximum Gasteiger partial charge on any atom is 0.251 e. The van der Waals surface area contributed by atoms with Crippen LogP contribution in [0.15, 0.2) is 42.5 Å². The van der Waals surface area contributed by atoms with E-state index in [1.807, 2.05) is 42.5 Å². The molecule has 1 amide bonds. The standard InChI is InChI=1S/C21H23N3O2/c1-14-8-9-24-19-7-6-16(12-18(19)23-20(24)10-14)21(25)22-13-15-4-3-5-17(11-15)26-2/h3-7,11-12,14H,8-10,13H2,1-2H3,(H,22,25)/t14-/m1/s1. The van der Waals surface area contributed by atoms with E-state index < -0.39 is 0 Å². The van der Waals surface area contributed by atoms with Gasteiger partial charge in [0.1, 0.15) is 11.6 Å². The molecule has 0 bridgehead atoms. The number of amides is 1. The molecule has 0 unspecified atom stereocenters. The van der Waals surface area contributed by atoms with Gasteiger partial charge in [0.15, 0.2) is 0 Å². The van der Waals surface area contributed by atoms with Crippen molar-refractivity contribution in [2.75, 3.05) is 7.11 Å². The fraction of sp³-hybridized carbons (Fsp3) is 0.333. The first-order chi connectivity index (χ1) is 12.6. The third-order valence-corrected chi connectivity index (χ3v) is 5.05. The first-order valence-corrected chi connectivity index (χ1v) is 9.04. The van der Waals surface area contributed by atoms with Gasteiger partial charge < -0.3 is 14.6 Å². The van der Waals surface area contributed by atoms with Gasteiger partial charge in [-0.2, -0.15) is 0 Å². The minimum atomic E-state index is -0.0888. The predicted molar refractivity (Wildman–Crippen MR) is 101 cm³/mol. The molecule has 1 aliphatic rings. The molecule has 5 heteroatoms. The summed E-state index contributed by atoms with van der Waals surface area (Å²) in [5.41, 5.74) is 3.67. The summed E-state index contributed by atoms with van der Waals surface area (Å²) in [7, 11) is 1.64. The second-order valence-electron chi connectivity index (χ2n) is 7.02. The lowest BCUT2D eigenvalue weighted by molar-refractivity contribution is 0.0951. The molecule has 1 aliphatic heterocycles. The lowest BCUT2D eigenvalue weighted by Gasteiger charge is -2.19. The Morgan fingerprint density at radius 1 is 1.31 bits per heavy atom. The minimum Gasteiger partial charge on any atom is -0.497 e. The maximum absolute atomic E-state index is 12.5. The van der Waals surface area contributed by atoms with E-state index in [9.17, 15) is 4.79 Å². The van der Waals surface area contributed by atoms with Crippen molar-refractivity contribution in [2.24, 2.45) is 5.92 Å². The molecular formula is C21H23N3O2. The number of methoxy groups -OCH3 is 1. The molecule has 0 radical (unpaired) electrons. The summed E-state index contributed by atoms with van der Waals surface area (Å²) >= 11 is 0. The highest BCUT2D eigenvalue weighted by Gasteiger charge is 2.19. The highest BCUT2D eigenvalue weighted by Crippen LogP contribution is 2.25. The number of nitrogens with one attached hydrogen (secondary N) is 1. The van der Waals surface area contributed by atoms with Gasteiger partial charge in [0.2, 0.25) is 0 Å². The fourth-order valence-corrected chi connectivity index (χ4v) is 3.56. The van der Waals surface area contributed by atoms with Crippen molar-refractivity contribution in [3.05, 3.63) is 59.4 Å². The van der Waals surface area contributed by atoms with E-state index in [0.29, 0.717) is 18.0 Å². The van der Waals surface area contributed by atoms with Crippen LogP contribution in [0.25, 0.3) is 11.0 Å². The molecule has 134 valence electrons. The molecule has 0 saturated carbocycles. The summed E-state index contributed by atoms with van der Waals surface area (Å²) in [6, 6.07) is 13.5. The van der Waals surface area contributed by atoms with Crippen molar-refractivity contribution < 1.29 is 9.53 Å². The Bertz CT molecular complexity index is 961. The quantitative estimate of drug-likeness (QED) is 0.783. The number of carbonyl (C=O) groups excluding carboxylic acids is 1. The molecule has 0 spiro atoms. The third kappa shape index (κ3) is 3.17. The third-order valence-electron chi connectivity index (χ3n) is 5.05. The SMILES string of the molecule is COc1cccc(CNC(=O)c2ccc3c(c2)nc2n3CC[C@@H](C)C2)c1. The summed E-state index contributed by atoms with van der Waals surface area (Å²) in [5.74, 6) is 2.50. The molecule has 2 aromatic carbocycles. The number of hydrogen-bond acceptors (Lipinski definition) is 3. The van der Waals surface area contributed by atoms with Gasteiger partial charge in [-0.1, -0.05) is 19.1 Å². The van der Waals surface area contributed by atoms with Crippen LogP contribution in [0.5, 0.6) is 5.75 Å². The zero-order valence-electron chi connectivity index (χ0n) is 15.2. The Morgan fingerprint density at radius 2 is 2.19 bits per heavy atom. The monoisotopic (exact) mass is 349 g/mol. The van der Waals surface area contributed by atoms with Gasteiger partial charge in [-0.05, 0) is 48.2 Å². The number of fused-ring (bicyclic) bond motifs is 3. The Morgan fingerprint density at radius 3 is 3.04 bits per heavy atom. The normalized spacial score (nSPS) is 16.3. The van der Waals surface area contributed by atoms with Gasteiger partial charge >= 0.3 is 0 Å². The lowest BCUT2D eigenvalue weighted by atomic mass is 10.0. The van der Waals surface area contributed by atoms with Gasteiger partial charge in [0.25, 0.3) is 5.91 Å². The Kier molecular flexibility index (Phi) is 4.37. The minimum absolute atomic E-state index is 0.0888. The Hall–Kier alpha value is -2.82. The second kappa shape index (κ2) is 6.83. The van der Waals surface area contributed by atoms with Crippen LogP contribution in [0.4, 0.5) is 0 Å². The Balaban J connectivity index is 1.51. The largest absolute Gasteiger partial charge is 0.497 e. The van der Waals surface area contributed by atoms with E-state index in [0.717, 1.165) is 41.1 Å². The average molecular weight is 349 g/mol. The van der Waals surface area contributed by atoms with Crippen LogP contribution in [-0.4, -0.2) is 22.6 Å². The number of imidazole rings is 1. The van der Waals surface area contributed by atoms with Crippen LogP contribution in [0, 0.1) is 5.92 Å². The number of hydrogen-bond donors (Lipinski definition) is 1. The first kappa shape index (κ1) is 16.6. The zero-order chi connectivity index (χ0) is 18.1. The average Bonchev–Trinajstić information content (AvgIpc) is 3.02. The Labute approximate surface area is 153 Å². The predicted octanol–water partition coefficient (Wildman–Crippen LogP) is 3.56. The molecule has 0 fully saturated rings. The number of aryl methyl sites for hydroxylation is 1. The summed E-state index contributed by atoms with van der Waals surface area (Å²) < 4.78 is 7.50. The van der Waals surface area contributed by atoms with Gasteiger partial charge in [-0.25, -0.2) is 4.98 Å². The number of ether oxygens (including phenoxy) is 1. The second-order valence-corrected chi connectivity index (χ2v) is 7.02. The van der Waals surface area contributed by atoms with Crippen molar-refractivity contribution in [3.8, 4) is 5.75 Å². The zero-order valence-corrected chi connectivity index (χ0v) is 15.2. The topological polar surface area (TPSA) is 56.1 Å². The summed E-state index contributed by atoms with van der Waals surface area (Å²) in [5, 5.41) is 2.97. The molecule has 1 N–H and O–H groups in total. The molecule has 5 nitrogen and oxygen atoms in total. The lowest BCUT2D eigenvalue weighted by Crippen LogP contribution is -2.22. The number of carbonyl (C=O) groups is 1. The van der Waals surface area contributed by atoms with E-state index >= 15 is 0 Å². The van der Waals surface area contributed by atoms with Crippen molar-refractivity contribution in [3.63, 3.8) is 0 Å². The van der Waals surface area contributed by atoms with Gasteiger partial charge in [-0.15, -0.1) is 0 Å². The summed E-state index contributed by atoms with van der Waals surface area (Å²) in [6.07, 6.45) is 2.19. The molecular weight excluding hydrogens is 326 g/mol. The highest BCUT2D eigenvalue weighted by atomic mass is 16.5. The van der Waals surface area contributed by atoms with E-state index in [4.69, 9.17) is 9.72 Å². The van der Waals surface area contributed by atoms with E-state index in [2.05, 4.69) is 16.8 Å². The van der Waals surface area contributed by atoms with E-state index in [-0.39, 0.29) is 5.91 Å². The van der Waals surface area contributed by atoms with E-state index in [1.165, 1.54) is 6.42 Å². The van der Waals surface area contributed by atoms with Crippen LogP contribution < -0.4 is 10.1 Å². The molecule has 2 heterocycles. The highest BCUT2D eigenvalue weighted by molar-refractivity contribution is 5.97. The van der Waals surface area contributed by atoms with Crippen LogP contribution in [0.3, 0.4) is 0 Å². The van der Waals surface area contributed by atoms with Crippen LogP contribution in [0.2, 0.25) is 0 Å². The molecule has 0 saturated heterocycles. The molecule has 26 heavy (non-hydrogen) atoms. The van der Waals surface area contributed by atoms with Crippen LogP contribution >= 0.6 is 0 Å². The van der Waals surface area contributed by atoms with Gasteiger partial charge in [0, 0.05) is 25.1 Å². The molecule has 4 rings (SSSR count). The number of aromatic nitrogens is 2. The van der Waals surface area contributed by atoms with Crippen molar-refractivity contribution >= 4 is 16.9 Å². The van der Waals surface area contributed by atoms with Crippen LogP contribution in [-0.2, 0) is 19.5 Å². The van der Waals surface area contributed by atoms with E-state index in [1.54, 1.807) is 7.11 Å².